The number of guanidine groups is 1. The molecule has 0 spiro atoms. The summed E-state index contributed by atoms with van der Waals surface area (Å²) in [7, 11) is 3.14. The van der Waals surface area contributed by atoms with Crippen molar-refractivity contribution in [3.63, 3.8) is 0 Å². The van der Waals surface area contributed by atoms with E-state index in [4.69, 9.17) is 0 Å². The van der Waals surface area contributed by atoms with E-state index >= 15 is 0 Å². The molecule has 9 nitrogen and oxygen atoms in total. The topological polar surface area (TPSA) is 95.0 Å². The minimum absolute atomic E-state index is 0. The van der Waals surface area contributed by atoms with E-state index < -0.39 is 6.09 Å². The number of methoxy groups -OCH3 is 1. The zero-order valence-electron chi connectivity index (χ0n) is 17.4. The molecule has 0 bridgehead atoms. The second-order valence-electron chi connectivity index (χ2n) is 6.54. The molecule has 1 saturated heterocycles. The van der Waals surface area contributed by atoms with Crippen LogP contribution in [0.3, 0.4) is 0 Å². The van der Waals surface area contributed by atoms with Gasteiger partial charge in [0.05, 0.1) is 7.11 Å². The van der Waals surface area contributed by atoms with Crippen molar-refractivity contribution in [2.45, 2.75) is 19.9 Å². The first-order chi connectivity index (χ1) is 14.1. The van der Waals surface area contributed by atoms with Crippen molar-refractivity contribution in [1.29, 1.82) is 0 Å². The standard InChI is InChI=1S/C19H27N7O2S.HI/c1-4-16-23-18(29-24-16)26-11-9-25(10-12-26)17(20-2)21-13-14-5-7-15(8-6-14)22-19(27)28-3;/h5-8H,4,9-13H2,1-3H3,(H,20,21)(H,22,27);1H. The summed E-state index contributed by atoms with van der Waals surface area (Å²) in [6.07, 6.45) is 0.391. The number of benzene rings is 1. The number of amides is 1. The Kier molecular flexibility index (Phi) is 9.56. The Morgan fingerprint density at radius 3 is 2.50 bits per heavy atom. The molecule has 1 aliphatic rings. The molecule has 1 aromatic carbocycles. The van der Waals surface area contributed by atoms with Gasteiger partial charge in [-0.3, -0.25) is 10.3 Å². The Labute approximate surface area is 198 Å². The molecule has 30 heavy (non-hydrogen) atoms. The number of carbonyl (C=O) groups is 1. The van der Waals surface area contributed by atoms with Gasteiger partial charge in [0.1, 0.15) is 5.82 Å². The molecule has 11 heteroatoms. The lowest BCUT2D eigenvalue weighted by Gasteiger charge is -2.36. The highest BCUT2D eigenvalue weighted by atomic mass is 127. The molecule has 164 valence electrons. The molecule has 1 aliphatic heterocycles. The fraction of sp³-hybridized carbons (Fsp3) is 0.474. The summed E-state index contributed by atoms with van der Waals surface area (Å²) in [5, 5.41) is 7.06. The summed E-state index contributed by atoms with van der Waals surface area (Å²) in [5.41, 5.74) is 1.80. The van der Waals surface area contributed by atoms with Gasteiger partial charge in [0, 0.05) is 63.4 Å². The Hall–Kier alpha value is -2.15. The number of nitrogens with one attached hydrogen (secondary N) is 2. The number of aryl methyl sites for hydroxylation is 1. The van der Waals surface area contributed by atoms with E-state index in [1.54, 1.807) is 7.05 Å². The molecule has 2 N–H and O–H groups in total. The van der Waals surface area contributed by atoms with Crippen LogP contribution in [0.15, 0.2) is 29.3 Å². The average molecular weight is 545 g/mol. The van der Waals surface area contributed by atoms with Crippen LogP contribution >= 0.6 is 35.5 Å². The van der Waals surface area contributed by atoms with Crippen molar-refractivity contribution < 1.29 is 9.53 Å². The number of piperazine rings is 1. The van der Waals surface area contributed by atoms with Crippen LogP contribution in [-0.2, 0) is 17.7 Å². The minimum atomic E-state index is -0.477. The number of halogens is 1. The molecule has 1 aromatic heterocycles. The molecule has 0 saturated carbocycles. The molecule has 1 fully saturated rings. The molecule has 2 heterocycles. The fourth-order valence-corrected chi connectivity index (χ4v) is 3.82. The highest BCUT2D eigenvalue weighted by Gasteiger charge is 2.22. The zero-order chi connectivity index (χ0) is 20.6. The summed E-state index contributed by atoms with van der Waals surface area (Å²) < 4.78 is 8.97. The fourth-order valence-electron chi connectivity index (χ4n) is 3.01. The third-order valence-corrected chi connectivity index (χ3v) is 5.49. The van der Waals surface area contributed by atoms with Gasteiger partial charge in [-0.05, 0) is 17.7 Å². The van der Waals surface area contributed by atoms with Gasteiger partial charge < -0.3 is 19.9 Å². The number of hydrogen-bond donors (Lipinski definition) is 2. The van der Waals surface area contributed by atoms with E-state index in [-0.39, 0.29) is 24.0 Å². The maximum Gasteiger partial charge on any atom is 0.411 e. The monoisotopic (exact) mass is 545 g/mol. The molecule has 0 atom stereocenters. The number of aliphatic imine (C=N–C) groups is 1. The average Bonchev–Trinajstić information content (AvgIpc) is 3.25. The van der Waals surface area contributed by atoms with Crippen LogP contribution in [-0.4, -0.2) is 66.6 Å². The van der Waals surface area contributed by atoms with Crippen molar-refractivity contribution in [1.82, 2.24) is 19.6 Å². The van der Waals surface area contributed by atoms with Crippen molar-refractivity contribution in [3.8, 4) is 0 Å². The molecule has 2 aromatic rings. The predicted octanol–water partition coefficient (Wildman–Crippen LogP) is 2.79. The van der Waals surface area contributed by atoms with Crippen molar-refractivity contribution in [3.05, 3.63) is 35.7 Å². The molecule has 0 unspecified atom stereocenters. The van der Waals surface area contributed by atoms with Crippen LogP contribution in [0.1, 0.15) is 18.3 Å². The molecule has 0 aliphatic carbocycles. The van der Waals surface area contributed by atoms with Gasteiger partial charge in [0.15, 0.2) is 5.96 Å². The van der Waals surface area contributed by atoms with Gasteiger partial charge in [-0.25, -0.2) is 9.78 Å². The van der Waals surface area contributed by atoms with E-state index in [1.807, 2.05) is 24.3 Å². The second kappa shape index (κ2) is 11.9. The zero-order valence-corrected chi connectivity index (χ0v) is 20.6. The Morgan fingerprint density at radius 1 is 1.23 bits per heavy atom. The van der Waals surface area contributed by atoms with E-state index in [2.05, 4.69) is 46.4 Å². The molecular weight excluding hydrogens is 517 g/mol. The summed E-state index contributed by atoms with van der Waals surface area (Å²) in [5.74, 6) is 1.80. The first kappa shape index (κ1) is 24.1. The second-order valence-corrected chi connectivity index (χ2v) is 7.27. The van der Waals surface area contributed by atoms with Crippen LogP contribution in [0.4, 0.5) is 15.6 Å². The first-order valence-corrected chi connectivity index (χ1v) is 10.4. The van der Waals surface area contributed by atoms with Crippen LogP contribution in [0.5, 0.6) is 0 Å². The quantitative estimate of drug-likeness (QED) is 0.339. The van der Waals surface area contributed by atoms with E-state index in [9.17, 15) is 4.79 Å². The Morgan fingerprint density at radius 2 is 1.93 bits per heavy atom. The maximum atomic E-state index is 11.2. The lowest BCUT2D eigenvalue weighted by Crippen LogP contribution is -2.52. The number of hydrogen-bond acceptors (Lipinski definition) is 7. The van der Waals surface area contributed by atoms with Gasteiger partial charge in [-0.1, -0.05) is 19.1 Å². The summed E-state index contributed by atoms with van der Waals surface area (Å²) >= 11 is 1.48. The van der Waals surface area contributed by atoms with E-state index in [0.29, 0.717) is 12.2 Å². The molecule has 0 radical (unpaired) electrons. The van der Waals surface area contributed by atoms with Crippen LogP contribution in [0.25, 0.3) is 0 Å². The lowest BCUT2D eigenvalue weighted by atomic mass is 10.2. The number of aromatic nitrogens is 2. The number of carbonyl (C=O) groups excluding carboxylic acids is 1. The number of anilines is 2. The molecule has 3 rings (SSSR count). The highest BCUT2D eigenvalue weighted by molar-refractivity contribution is 14.0. The van der Waals surface area contributed by atoms with Gasteiger partial charge in [0.25, 0.3) is 0 Å². The predicted molar refractivity (Wildman–Crippen MR) is 131 cm³/mol. The van der Waals surface area contributed by atoms with Gasteiger partial charge in [-0.15, -0.1) is 24.0 Å². The minimum Gasteiger partial charge on any atom is -0.453 e. The van der Waals surface area contributed by atoms with Crippen LogP contribution in [0.2, 0.25) is 0 Å². The first-order valence-electron chi connectivity index (χ1n) is 9.60. The van der Waals surface area contributed by atoms with Gasteiger partial charge in [0.2, 0.25) is 5.13 Å². The van der Waals surface area contributed by atoms with Crippen molar-refractivity contribution in [2.75, 3.05) is 50.6 Å². The number of rotatable bonds is 5. The highest BCUT2D eigenvalue weighted by Crippen LogP contribution is 2.19. The molecule has 1 amide bonds. The summed E-state index contributed by atoms with van der Waals surface area (Å²) in [6, 6.07) is 7.62. The third-order valence-electron chi connectivity index (χ3n) is 4.67. The van der Waals surface area contributed by atoms with Crippen LogP contribution < -0.4 is 15.5 Å². The Bertz CT molecular complexity index is 836. The van der Waals surface area contributed by atoms with Crippen molar-refractivity contribution in [2.24, 2.45) is 4.99 Å². The van der Waals surface area contributed by atoms with Gasteiger partial charge in [-0.2, -0.15) is 4.37 Å². The summed E-state index contributed by atoms with van der Waals surface area (Å²) in [6.45, 7) is 6.27. The van der Waals surface area contributed by atoms with E-state index in [0.717, 1.165) is 55.1 Å². The normalized spacial score (nSPS) is 14.2. The number of nitrogens with zero attached hydrogens (tertiary/aromatic N) is 5. The SMILES string of the molecule is CCc1nsc(N2CCN(C(=NC)NCc3ccc(NC(=O)OC)cc3)CC2)n1.I. The molecular formula is C19H28IN7O2S. The van der Waals surface area contributed by atoms with Gasteiger partial charge >= 0.3 is 6.09 Å². The van der Waals surface area contributed by atoms with Crippen LogP contribution in [0, 0.1) is 0 Å². The third kappa shape index (κ3) is 6.42. The smallest absolute Gasteiger partial charge is 0.411 e. The van der Waals surface area contributed by atoms with E-state index in [1.165, 1.54) is 18.6 Å². The number of ether oxygens (including phenoxy) is 1. The maximum absolute atomic E-state index is 11.2. The largest absolute Gasteiger partial charge is 0.453 e. The van der Waals surface area contributed by atoms with Crippen molar-refractivity contribution >= 4 is 58.4 Å². The summed E-state index contributed by atoms with van der Waals surface area (Å²) in [4.78, 5) is 24.8. The lowest BCUT2D eigenvalue weighted by molar-refractivity contribution is 0.187. The Balaban J connectivity index is 0.00000320.